The maximum Gasteiger partial charge on any atom is 0.573 e. The van der Waals surface area contributed by atoms with Gasteiger partial charge < -0.3 is 24.2 Å². The minimum absolute atomic E-state index is 0.0312. The van der Waals surface area contributed by atoms with Crippen molar-refractivity contribution in [2.24, 2.45) is 5.92 Å². The Morgan fingerprint density at radius 2 is 1.58 bits per heavy atom. The number of hydrogen-bond acceptors (Lipinski definition) is 11. The van der Waals surface area contributed by atoms with Crippen molar-refractivity contribution in [1.82, 2.24) is 4.90 Å². The number of nitrogens with zero attached hydrogens (tertiary/aromatic N) is 1. The van der Waals surface area contributed by atoms with E-state index in [1.54, 1.807) is 11.0 Å². The van der Waals surface area contributed by atoms with Gasteiger partial charge in [-0.05, 0) is 60.9 Å². The van der Waals surface area contributed by atoms with Gasteiger partial charge in [0.2, 0.25) is 0 Å². The summed E-state index contributed by atoms with van der Waals surface area (Å²) in [6, 6.07) is 4.90. The van der Waals surface area contributed by atoms with Crippen molar-refractivity contribution in [3.63, 3.8) is 0 Å². The molecule has 250 valence electrons. The second-order valence-electron chi connectivity index (χ2n) is 10.9. The molecule has 1 heterocycles. The van der Waals surface area contributed by atoms with Crippen molar-refractivity contribution in [3.05, 3.63) is 64.9 Å². The molecule has 1 aromatic carbocycles. The largest absolute Gasteiger partial charge is 0.573 e. The quantitative estimate of drug-likeness (QED) is 0.272. The van der Waals surface area contributed by atoms with Crippen molar-refractivity contribution >= 4 is 31.6 Å². The van der Waals surface area contributed by atoms with Gasteiger partial charge in [-0.15, -0.1) is 13.2 Å². The Hall–Kier alpha value is -3.37. The first-order valence-electron chi connectivity index (χ1n) is 14.0. The summed E-state index contributed by atoms with van der Waals surface area (Å²) in [5.74, 6) is -3.45. The summed E-state index contributed by atoms with van der Waals surface area (Å²) in [5, 5.41) is 9.50. The number of allylic oxidation sites excluding steroid dienone is 2. The van der Waals surface area contributed by atoms with Crippen LogP contribution >= 0.6 is 0 Å². The number of carbonyl (C=O) groups excluding carboxylic acids is 2. The molecule has 3 rings (SSSR count). The Morgan fingerprint density at radius 3 is 2.11 bits per heavy atom. The summed E-state index contributed by atoms with van der Waals surface area (Å²) in [6.45, 7) is -1.25. The number of aliphatic hydroxyl groups excluding tert-OH is 1. The Labute approximate surface area is 260 Å². The third-order valence-corrected chi connectivity index (χ3v) is 8.54. The number of benzene rings is 1. The fourth-order valence-electron chi connectivity index (χ4n) is 4.49. The maximum atomic E-state index is 13.5. The fraction of sp³-hybridized carbons (Fsp3) is 0.517. The van der Waals surface area contributed by atoms with E-state index in [4.69, 9.17) is 9.47 Å². The van der Waals surface area contributed by atoms with Crippen LogP contribution in [0.3, 0.4) is 0 Å². The summed E-state index contributed by atoms with van der Waals surface area (Å²) >= 11 is 0. The summed E-state index contributed by atoms with van der Waals surface area (Å²) in [5.41, 5.74) is 0.307. The molecule has 1 atom stereocenters. The van der Waals surface area contributed by atoms with Crippen molar-refractivity contribution in [2.45, 2.75) is 44.6 Å². The van der Waals surface area contributed by atoms with Crippen LogP contribution in [0.4, 0.5) is 13.2 Å². The lowest BCUT2D eigenvalue weighted by Crippen LogP contribution is -2.34. The van der Waals surface area contributed by atoms with Crippen LogP contribution in [0.15, 0.2) is 59.3 Å². The summed E-state index contributed by atoms with van der Waals surface area (Å²) in [6.07, 6.45) is 3.78. The van der Waals surface area contributed by atoms with Crippen LogP contribution < -0.4 is 4.74 Å². The lowest BCUT2D eigenvalue weighted by atomic mass is 9.95. The molecule has 1 saturated carbocycles. The molecule has 1 fully saturated rings. The fourth-order valence-corrected chi connectivity index (χ4v) is 5.26. The molecule has 0 aromatic heterocycles. The van der Waals surface area contributed by atoms with Gasteiger partial charge in [0.25, 0.3) is 0 Å². The highest BCUT2D eigenvalue weighted by atomic mass is 32.2. The zero-order chi connectivity index (χ0) is 33.4. The van der Waals surface area contributed by atoms with E-state index < -0.39 is 68.4 Å². The van der Waals surface area contributed by atoms with E-state index in [2.05, 4.69) is 4.74 Å². The zero-order valence-electron chi connectivity index (χ0n) is 24.8. The normalized spacial score (nSPS) is 17.8. The predicted molar refractivity (Wildman–Crippen MR) is 157 cm³/mol. The summed E-state index contributed by atoms with van der Waals surface area (Å²) in [7, 11) is -7.01. The Bertz CT molecular complexity index is 1550. The Kier molecular flexibility index (Phi) is 12.3. The minimum atomic E-state index is -4.92. The first-order chi connectivity index (χ1) is 20.9. The van der Waals surface area contributed by atoms with Crippen LogP contribution in [0.25, 0.3) is 0 Å². The second-order valence-corrected chi connectivity index (χ2v) is 15.4. The average molecular weight is 680 g/mol. The summed E-state index contributed by atoms with van der Waals surface area (Å²) < 4.78 is 99.7. The molecule has 1 N–H and O–H groups in total. The third-order valence-electron chi connectivity index (χ3n) is 6.72. The lowest BCUT2D eigenvalue weighted by molar-refractivity contribution is -0.274. The molecular weight excluding hydrogens is 643 g/mol. The monoisotopic (exact) mass is 679 g/mol. The van der Waals surface area contributed by atoms with Gasteiger partial charge in [0.15, 0.2) is 19.7 Å². The highest BCUT2D eigenvalue weighted by molar-refractivity contribution is 7.90. The van der Waals surface area contributed by atoms with Gasteiger partial charge >= 0.3 is 18.3 Å². The average Bonchev–Trinajstić information content (AvgIpc) is 3.73. The second kappa shape index (κ2) is 15.3. The van der Waals surface area contributed by atoms with E-state index in [1.807, 2.05) is 6.08 Å². The molecule has 0 bridgehead atoms. The van der Waals surface area contributed by atoms with E-state index in [0.29, 0.717) is 17.6 Å². The molecule has 1 unspecified atom stereocenters. The van der Waals surface area contributed by atoms with E-state index >= 15 is 0 Å². The number of ether oxygens (including phenoxy) is 3. The number of rotatable bonds is 15. The molecule has 11 nitrogen and oxygen atoms in total. The van der Waals surface area contributed by atoms with Gasteiger partial charge in [0.1, 0.15) is 19.0 Å². The van der Waals surface area contributed by atoms with Crippen LogP contribution in [0.2, 0.25) is 0 Å². The zero-order valence-corrected chi connectivity index (χ0v) is 26.4. The predicted octanol–water partition coefficient (Wildman–Crippen LogP) is 2.86. The molecule has 1 aromatic rings. The number of alkyl halides is 3. The topological polar surface area (TPSA) is 154 Å². The molecule has 0 spiro atoms. The van der Waals surface area contributed by atoms with E-state index in [0.717, 1.165) is 31.4 Å². The van der Waals surface area contributed by atoms with Crippen LogP contribution in [-0.4, -0.2) is 95.0 Å². The van der Waals surface area contributed by atoms with Gasteiger partial charge in [-0.25, -0.2) is 26.4 Å². The van der Waals surface area contributed by atoms with Crippen LogP contribution in [0.5, 0.6) is 5.75 Å². The summed E-state index contributed by atoms with van der Waals surface area (Å²) in [4.78, 5) is 28.5. The number of hydrogen-bond donors (Lipinski definition) is 1. The SMILES string of the molecule is CS(=O)(=O)CCOC(=O)C1=CC(CCCO)=CC(C2CC2)N(Cc2cccc(OC(F)(F)F)c2)C=C1C(=O)OCCS(C)(=O)=O. The van der Waals surface area contributed by atoms with E-state index in [1.165, 1.54) is 24.4 Å². The standard InChI is InChI=1S/C29H36F3NO10S2/c1-44(37,38)13-11-41-27(35)24-16-20(6-4-10-34)17-26(22-8-9-22)33(19-25(24)28(36)42-12-14-45(2,39)40)18-21-5-3-7-23(15-21)43-29(30,31)32/h3,5,7,15-17,19,22,26,34H,4,6,8-14,18H2,1-2H3. The van der Waals surface area contributed by atoms with Crippen LogP contribution in [0.1, 0.15) is 31.2 Å². The number of carbonyl (C=O) groups is 2. The van der Waals surface area contributed by atoms with Crippen molar-refractivity contribution in [1.29, 1.82) is 0 Å². The van der Waals surface area contributed by atoms with Crippen LogP contribution in [-0.2, 0) is 45.3 Å². The number of sulfone groups is 2. The van der Waals surface area contributed by atoms with Crippen molar-refractivity contribution < 1.29 is 58.9 Å². The molecular formula is C29H36F3NO10S2. The van der Waals surface area contributed by atoms with Crippen molar-refractivity contribution in [2.75, 3.05) is 43.8 Å². The molecule has 1 aliphatic carbocycles. The first-order valence-corrected chi connectivity index (χ1v) is 18.1. The molecule has 1 aliphatic heterocycles. The Balaban J connectivity index is 2.11. The Morgan fingerprint density at radius 1 is 0.978 bits per heavy atom. The molecule has 2 aliphatic rings. The first kappa shape index (κ1) is 36.1. The van der Waals surface area contributed by atoms with Gasteiger partial charge in [0.05, 0.1) is 28.7 Å². The number of esters is 2. The third kappa shape index (κ3) is 12.9. The smallest absolute Gasteiger partial charge is 0.461 e. The lowest BCUT2D eigenvalue weighted by Gasteiger charge is -2.32. The van der Waals surface area contributed by atoms with Crippen molar-refractivity contribution in [3.8, 4) is 5.75 Å². The number of halogens is 3. The van der Waals surface area contributed by atoms with Gasteiger partial charge in [0, 0.05) is 31.9 Å². The van der Waals surface area contributed by atoms with Gasteiger partial charge in [-0.3, -0.25) is 0 Å². The van der Waals surface area contributed by atoms with Gasteiger partial charge in [-0.1, -0.05) is 18.2 Å². The molecule has 0 radical (unpaired) electrons. The van der Waals surface area contributed by atoms with Crippen LogP contribution in [0, 0.1) is 5.92 Å². The van der Waals surface area contributed by atoms with E-state index in [-0.39, 0.29) is 42.7 Å². The van der Waals surface area contributed by atoms with E-state index in [9.17, 15) is 44.7 Å². The molecule has 0 saturated heterocycles. The minimum Gasteiger partial charge on any atom is -0.461 e. The highest BCUT2D eigenvalue weighted by Crippen LogP contribution is 2.39. The van der Waals surface area contributed by atoms with Gasteiger partial charge in [-0.2, -0.15) is 0 Å². The molecule has 45 heavy (non-hydrogen) atoms. The molecule has 0 amide bonds. The number of aliphatic hydroxyl groups is 1. The molecule has 16 heteroatoms. The highest BCUT2D eigenvalue weighted by Gasteiger charge is 2.36. The maximum absolute atomic E-state index is 13.5.